The molecule has 170 valence electrons. The molecule has 0 bridgehead atoms. The Morgan fingerprint density at radius 3 is 2.42 bits per heavy atom. The molecule has 0 unspecified atom stereocenters. The Labute approximate surface area is 175 Å². The molecule has 1 aromatic carbocycles. The quantitative estimate of drug-likeness (QED) is 0.509. The average Bonchev–Trinajstić information content (AvgIpc) is 2.64. The van der Waals surface area contributed by atoms with Gasteiger partial charge in [0, 0.05) is 30.7 Å². The van der Waals surface area contributed by atoms with Gasteiger partial charge in [-0.25, -0.2) is 27.6 Å². The number of nitrogens with one attached hydrogen (secondary N) is 2. The Morgan fingerprint density at radius 2 is 1.90 bits per heavy atom. The summed E-state index contributed by atoms with van der Waals surface area (Å²) in [6.07, 6.45) is -3.55. The first-order valence-electron chi connectivity index (χ1n) is 8.87. The standard InChI is InChI=1S/C18H20F4N4O4S/c1-9(2)13(8-23-10-4-5-12(19)14(6-10)31(3,29)30)25-17-24-7-11(16(27)28)15(26-17)18(20,21)22/h4-7,9,13,23H,8H2,1-3H3,(H,27,28)(H,24,25,26)/t13-/m0/s1. The highest BCUT2D eigenvalue weighted by molar-refractivity contribution is 7.90. The number of anilines is 2. The average molecular weight is 464 g/mol. The zero-order valence-electron chi connectivity index (χ0n) is 16.7. The molecule has 0 aliphatic heterocycles. The van der Waals surface area contributed by atoms with Crippen LogP contribution in [-0.2, 0) is 16.0 Å². The minimum absolute atomic E-state index is 0.0951. The van der Waals surface area contributed by atoms with E-state index in [0.29, 0.717) is 6.20 Å². The Bertz CT molecular complexity index is 1070. The van der Waals surface area contributed by atoms with Gasteiger partial charge in [0.15, 0.2) is 15.5 Å². The van der Waals surface area contributed by atoms with Gasteiger partial charge in [0.2, 0.25) is 5.95 Å². The van der Waals surface area contributed by atoms with Gasteiger partial charge in [-0.2, -0.15) is 13.2 Å². The monoisotopic (exact) mass is 464 g/mol. The molecule has 0 aliphatic rings. The van der Waals surface area contributed by atoms with Gasteiger partial charge in [-0.1, -0.05) is 13.8 Å². The van der Waals surface area contributed by atoms with Gasteiger partial charge in [-0.05, 0) is 24.1 Å². The number of benzene rings is 1. The topological polar surface area (TPSA) is 121 Å². The molecule has 2 rings (SSSR count). The largest absolute Gasteiger partial charge is 0.478 e. The molecule has 2 aromatic rings. The number of aromatic nitrogens is 2. The Kier molecular flexibility index (Phi) is 7.09. The van der Waals surface area contributed by atoms with Crippen molar-refractivity contribution in [3.05, 3.63) is 41.5 Å². The van der Waals surface area contributed by atoms with Crippen LogP contribution in [0.1, 0.15) is 29.9 Å². The van der Waals surface area contributed by atoms with Crippen LogP contribution in [0, 0.1) is 11.7 Å². The molecule has 0 fully saturated rings. The highest BCUT2D eigenvalue weighted by atomic mass is 32.2. The molecular weight excluding hydrogens is 444 g/mol. The molecule has 1 heterocycles. The molecule has 31 heavy (non-hydrogen) atoms. The number of carboxylic acid groups (broad SMARTS) is 1. The lowest BCUT2D eigenvalue weighted by Crippen LogP contribution is -2.34. The van der Waals surface area contributed by atoms with Gasteiger partial charge in [-0.3, -0.25) is 0 Å². The SMILES string of the molecule is CC(C)[C@H](CNc1ccc(F)c(S(C)(=O)=O)c1)Nc1ncc(C(=O)O)c(C(F)(F)F)n1. The number of hydrogen-bond acceptors (Lipinski definition) is 7. The fourth-order valence-electron chi connectivity index (χ4n) is 2.57. The van der Waals surface area contributed by atoms with Crippen LogP contribution in [0.4, 0.5) is 29.2 Å². The predicted molar refractivity (Wildman–Crippen MR) is 104 cm³/mol. The zero-order chi connectivity index (χ0) is 23.6. The summed E-state index contributed by atoms with van der Waals surface area (Å²) in [5, 5.41) is 14.5. The fourth-order valence-corrected chi connectivity index (χ4v) is 3.33. The summed E-state index contributed by atoms with van der Waals surface area (Å²) in [4.78, 5) is 17.5. The third kappa shape index (κ3) is 6.26. The predicted octanol–water partition coefficient (Wildman–Crippen LogP) is 3.28. The second-order valence-electron chi connectivity index (χ2n) is 7.05. The second kappa shape index (κ2) is 9.04. The minimum atomic E-state index is -4.99. The van der Waals surface area contributed by atoms with E-state index in [9.17, 15) is 30.8 Å². The van der Waals surface area contributed by atoms with Crippen LogP contribution in [0.5, 0.6) is 0 Å². The number of rotatable bonds is 8. The van der Waals surface area contributed by atoms with Crippen molar-refractivity contribution < 1.29 is 35.9 Å². The minimum Gasteiger partial charge on any atom is -0.478 e. The summed E-state index contributed by atoms with van der Waals surface area (Å²) in [5.74, 6) is -3.29. The van der Waals surface area contributed by atoms with E-state index in [-0.39, 0.29) is 18.2 Å². The number of aromatic carboxylic acids is 1. The molecular formula is C18H20F4N4O4S. The highest BCUT2D eigenvalue weighted by Gasteiger charge is 2.38. The summed E-state index contributed by atoms with van der Waals surface area (Å²) in [6, 6.07) is 2.88. The first-order chi connectivity index (χ1) is 14.2. The Balaban J connectivity index is 2.24. The van der Waals surface area contributed by atoms with Crippen molar-refractivity contribution >= 4 is 27.4 Å². The van der Waals surface area contributed by atoms with Crippen LogP contribution in [0.2, 0.25) is 0 Å². The van der Waals surface area contributed by atoms with E-state index in [0.717, 1.165) is 18.4 Å². The second-order valence-corrected chi connectivity index (χ2v) is 9.04. The molecule has 0 amide bonds. The maximum absolute atomic E-state index is 13.7. The van der Waals surface area contributed by atoms with Crippen LogP contribution in [0.25, 0.3) is 0 Å². The Hall–Kier alpha value is -2.96. The Morgan fingerprint density at radius 1 is 1.26 bits per heavy atom. The van der Waals surface area contributed by atoms with Gasteiger partial charge >= 0.3 is 12.1 Å². The molecule has 0 radical (unpaired) electrons. The molecule has 0 saturated heterocycles. The molecule has 3 N–H and O–H groups in total. The summed E-state index contributed by atoms with van der Waals surface area (Å²) < 4.78 is 76.5. The van der Waals surface area contributed by atoms with Crippen molar-refractivity contribution in [2.75, 3.05) is 23.4 Å². The van der Waals surface area contributed by atoms with E-state index in [1.165, 1.54) is 6.07 Å². The van der Waals surface area contributed by atoms with Crippen molar-refractivity contribution in [1.29, 1.82) is 0 Å². The number of carbonyl (C=O) groups is 1. The molecule has 1 atom stereocenters. The number of hydrogen-bond donors (Lipinski definition) is 3. The molecule has 13 heteroatoms. The third-order valence-electron chi connectivity index (χ3n) is 4.26. The number of alkyl halides is 3. The van der Waals surface area contributed by atoms with E-state index in [2.05, 4.69) is 20.6 Å². The lowest BCUT2D eigenvalue weighted by atomic mass is 10.0. The van der Waals surface area contributed by atoms with Gasteiger partial charge in [0.1, 0.15) is 16.3 Å². The fraction of sp³-hybridized carbons (Fsp3) is 0.389. The van der Waals surface area contributed by atoms with E-state index >= 15 is 0 Å². The molecule has 1 aromatic heterocycles. The first-order valence-corrected chi connectivity index (χ1v) is 10.8. The van der Waals surface area contributed by atoms with Crippen molar-refractivity contribution in [2.45, 2.75) is 31.0 Å². The van der Waals surface area contributed by atoms with E-state index in [4.69, 9.17) is 5.11 Å². The van der Waals surface area contributed by atoms with Gasteiger partial charge in [0.25, 0.3) is 0 Å². The van der Waals surface area contributed by atoms with Crippen LogP contribution < -0.4 is 10.6 Å². The maximum Gasteiger partial charge on any atom is 0.434 e. The van der Waals surface area contributed by atoms with E-state index in [1.54, 1.807) is 13.8 Å². The van der Waals surface area contributed by atoms with Crippen LogP contribution in [0.15, 0.2) is 29.3 Å². The van der Waals surface area contributed by atoms with E-state index < -0.39 is 55.9 Å². The number of carboxylic acids is 1. The summed E-state index contributed by atoms with van der Waals surface area (Å²) in [6.45, 7) is 3.63. The summed E-state index contributed by atoms with van der Waals surface area (Å²) >= 11 is 0. The van der Waals surface area contributed by atoms with Crippen molar-refractivity contribution in [3.8, 4) is 0 Å². The van der Waals surface area contributed by atoms with Crippen molar-refractivity contribution in [2.24, 2.45) is 5.92 Å². The lowest BCUT2D eigenvalue weighted by Gasteiger charge is -2.24. The van der Waals surface area contributed by atoms with Gasteiger partial charge < -0.3 is 15.7 Å². The highest BCUT2D eigenvalue weighted by Crippen LogP contribution is 2.31. The molecule has 0 spiro atoms. The van der Waals surface area contributed by atoms with Crippen LogP contribution in [-0.4, -0.2) is 48.3 Å². The maximum atomic E-state index is 13.7. The first kappa shape index (κ1) is 24.3. The molecule has 0 saturated carbocycles. The van der Waals surface area contributed by atoms with Gasteiger partial charge in [-0.15, -0.1) is 0 Å². The third-order valence-corrected chi connectivity index (χ3v) is 5.38. The summed E-state index contributed by atoms with van der Waals surface area (Å²) in [7, 11) is -3.79. The number of nitrogens with zero attached hydrogens (tertiary/aromatic N) is 2. The number of halogens is 4. The normalized spacial score (nSPS) is 13.2. The van der Waals surface area contributed by atoms with E-state index in [1.807, 2.05) is 0 Å². The smallest absolute Gasteiger partial charge is 0.434 e. The molecule has 8 nitrogen and oxygen atoms in total. The van der Waals surface area contributed by atoms with Crippen LogP contribution in [0.3, 0.4) is 0 Å². The molecule has 0 aliphatic carbocycles. The number of sulfone groups is 1. The lowest BCUT2D eigenvalue weighted by molar-refractivity contribution is -0.141. The van der Waals surface area contributed by atoms with Gasteiger partial charge in [0.05, 0.1) is 0 Å². The zero-order valence-corrected chi connectivity index (χ0v) is 17.5. The summed E-state index contributed by atoms with van der Waals surface area (Å²) in [5.41, 5.74) is -2.37. The van der Waals surface area contributed by atoms with Crippen molar-refractivity contribution in [3.63, 3.8) is 0 Å². The van der Waals surface area contributed by atoms with Crippen LogP contribution >= 0.6 is 0 Å². The van der Waals surface area contributed by atoms with Crippen molar-refractivity contribution in [1.82, 2.24) is 9.97 Å².